The molecule has 0 atom stereocenters. The number of anilines is 5. The summed E-state index contributed by atoms with van der Waals surface area (Å²) in [6.07, 6.45) is 0. The third-order valence-corrected chi connectivity index (χ3v) is 14.3. The Morgan fingerprint density at radius 3 is 1.78 bits per heavy atom. The summed E-state index contributed by atoms with van der Waals surface area (Å²) in [5.41, 5.74) is 23.5. The number of aryl methyl sites for hydroxylation is 1. The molecule has 3 heterocycles. The minimum atomic E-state index is -0.190. The van der Waals surface area contributed by atoms with Gasteiger partial charge in [-0.2, -0.15) is 0 Å². The molecular formula is C63H53BN2O. The van der Waals surface area contributed by atoms with Crippen LogP contribution < -0.4 is 20.6 Å². The highest BCUT2D eigenvalue weighted by Gasteiger charge is 2.46. The Labute approximate surface area is 395 Å². The highest BCUT2D eigenvalue weighted by atomic mass is 16.3. The van der Waals surface area contributed by atoms with Gasteiger partial charge >= 0.3 is 6.85 Å². The predicted molar refractivity (Wildman–Crippen MR) is 286 cm³/mol. The standard InChI is InChI=1S/C63H53BN2O/c1-40-18-14-15-23-48(40)44-35-53-51-34-43(41-19-10-8-11-20-41)26-32-56(51)66(47-30-27-45(28-31-47)62(2,3)4)64-54-39-60-52(49-24-16-17-25-59(49)67-60)38-57(54)65(58(36-44)61(53)64)55-33-29-46(63(5,6)7)37-50(55)42-21-12-9-13-22-42/h8-39H,1-7H3. The highest BCUT2D eigenvalue weighted by molar-refractivity contribution is 6.93. The largest absolute Gasteiger partial charge is 0.456 e. The van der Waals surface area contributed by atoms with Crippen LogP contribution >= 0.6 is 0 Å². The van der Waals surface area contributed by atoms with Gasteiger partial charge in [0.1, 0.15) is 11.2 Å². The van der Waals surface area contributed by atoms with E-state index < -0.39 is 0 Å². The lowest BCUT2D eigenvalue weighted by Crippen LogP contribution is -2.61. The lowest BCUT2D eigenvalue weighted by atomic mass is 9.43. The molecule has 2 aliphatic rings. The summed E-state index contributed by atoms with van der Waals surface area (Å²) in [6, 6.07) is 72.4. The zero-order valence-corrected chi connectivity index (χ0v) is 39.4. The summed E-state index contributed by atoms with van der Waals surface area (Å²) in [7, 11) is 0. The van der Waals surface area contributed by atoms with Crippen LogP contribution in [0.15, 0.2) is 199 Å². The van der Waals surface area contributed by atoms with Crippen molar-refractivity contribution in [2.45, 2.75) is 59.3 Å². The summed E-state index contributed by atoms with van der Waals surface area (Å²) in [6.45, 7) is 15.9. The van der Waals surface area contributed by atoms with Gasteiger partial charge in [0.15, 0.2) is 0 Å². The summed E-state index contributed by atoms with van der Waals surface area (Å²) >= 11 is 0. The molecule has 0 N–H and O–H groups in total. The quantitative estimate of drug-likeness (QED) is 0.161. The normalized spacial score (nSPS) is 13.2. The maximum absolute atomic E-state index is 6.82. The van der Waals surface area contributed by atoms with Crippen molar-refractivity contribution in [3.63, 3.8) is 0 Å². The Kier molecular flexibility index (Phi) is 9.32. The van der Waals surface area contributed by atoms with Gasteiger partial charge in [0.05, 0.1) is 5.69 Å². The van der Waals surface area contributed by atoms with Gasteiger partial charge in [0, 0.05) is 44.6 Å². The second kappa shape index (κ2) is 15.3. The first-order chi connectivity index (χ1) is 32.4. The third-order valence-electron chi connectivity index (χ3n) is 14.3. The second-order valence-electron chi connectivity index (χ2n) is 20.6. The average Bonchev–Trinajstić information content (AvgIpc) is 3.71. The van der Waals surface area contributed by atoms with Crippen LogP contribution in [0.3, 0.4) is 0 Å². The van der Waals surface area contributed by atoms with Crippen molar-refractivity contribution in [3.8, 4) is 44.5 Å². The molecular weight excluding hydrogens is 812 g/mol. The van der Waals surface area contributed by atoms with E-state index in [-0.39, 0.29) is 17.7 Å². The molecule has 1 aromatic heterocycles. The van der Waals surface area contributed by atoms with E-state index in [1.165, 1.54) is 83.5 Å². The minimum absolute atomic E-state index is 0.0124. The first-order valence-electron chi connectivity index (χ1n) is 23.7. The van der Waals surface area contributed by atoms with Crippen molar-refractivity contribution in [2.24, 2.45) is 0 Å². The van der Waals surface area contributed by atoms with E-state index in [9.17, 15) is 0 Å². The van der Waals surface area contributed by atoms with Crippen molar-refractivity contribution in [1.29, 1.82) is 0 Å². The van der Waals surface area contributed by atoms with Crippen LogP contribution in [0.2, 0.25) is 0 Å². The van der Waals surface area contributed by atoms with Crippen LogP contribution in [0.1, 0.15) is 58.2 Å². The Morgan fingerprint density at radius 2 is 1.04 bits per heavy atom. The number of fused-ring (bicyclic) bond motifs is 7. The summed E-state index contributed by atoms with van der Waals surface area (Å²) < 4.78 is 6.82. The Balaban J connectivity index is 1.24. The SMILES string of the molecule is Cc1ccccc1-c1cc2c3c(c1)N(c1ccc(C(C)(C)C)cc1-c1ccccc1)c1cc4c(cc1B3N(c1ccc(C(C)(C)C)cc1)c1ccc(-c3ccccc3)cc1-2)oc1ccccc14. The molecule has 0 bridgehead atoms. The molecule has 3 nitrogen and oxygen atoms in total. The van der Waals surface area contributed by atoms with Gasteiger partial charge in [-0.3, -0.25) is 0 Å². The number of nitrogens with zero attached hydrogens (tertiary/aromatic N) is 2. The summed E-state index contributed by atoms with van der Waals surface area (Å²) in [4.78, 5) is 5.20. The summed E-state index contributed by atoms with van der Waals surface area (Å²) in [5, 5.41) is 2.22. The molecule has 0 spiro atoms. The van der Waals surface area contributed by atoms with Crippen molar-refractivity contribution in [1.82, 2.24) is 0 Å². The average molecular weight is 865 g/mol. The number of rotatable bonds is 5. The third kappa shape index (κ3) is 6.72. The van der Waals surface area contributed by atoms with Crippen LogP contribution in [0.4, 0.5) is 28.4 Å². The molecule has 0 radical (unpaired) electrons. The van der Waals surface area contributed by atoms with Gasteiger partial charge in [-0.15, -0.1) is 0 Å². The van der Waals surface area contributed by atoms with E-state index in [2.05, 4.69) is 252 Å². The van der Waals surface area contributed by atoms with Gasteiger partial charge < -0.3 is 14.1 Å². The molecule has 0 fully saturated rings. The number of hydrogen-bond acceptors (Lipinski definition) is 3. The van der Waals surface area contributed by atoms with Gasteiger partial charge in [-0.25, -0.2) is 0 Å². The predicted octanol–water partition coefficient (Wildman–Crippen LogP) is 16.2. The molecule has 12 rings (SSSR count). The van der Waals surface area contributed by atoms with E-state index in [1.807, 2.05) is 0 Å². The van der Waals surface area contributed by atoms with E-state index in [0.717, 1.165) is 39.0 Å². The van der Waals surface area contributed by atoms with E-state index >= 15 is 0 Å². The number of hydrogen-bond donors (Lipinski definition) is 0. The Morgan fingerprint density at radius 1 is 0.403 bits per heavy atom. The monoisotopic (exact) mass is 864 g/mol. The van der Waals surface area contributed by atoms with E-state index in [4.69, 9.17) is 4.42 Å². The second-order valence-corrected chi connectivity index (χ2v) is 20.6. The molecule has 10 aromatic rings. The lowest BCUT2D eigenvalue weighted by molar-refractivity contribution is 0.590. The fraction of sp³-hybridized carbons (Fsp3) is 0.143. The van der Waals surface area contributed by atoms with Crippen LogP contribution in [-0.4, -0.2) is 6.85 Å². The molecule has 4 heteroatoms. The van der Waals surface area contributed by atoms with Crippen molar-refractivity contribution in [3.05, 3.63) is 211 Å². The maximum atomic E-state index is 6.82. The fourth-order valence-electron chi connectivity index (χ4n) is 10.8. The molecule has 0 unspecified atom stereocenters. The molecule has 9 aromatic carbocycles. The zero-order valence-electron chi connectivity index (χ0n) is 39.4. The summed E-state index contributed by atoms with van der Waals surface area (Å²) in [5.74, 6) is 0. The first-order valence-corrected chi connectivity index (χ1v) is 23.7. The molecule has 67 heavy (non-hydrogen) atoms. The highest BCUT2D eigenvalue weighted by Crippen LogP contribution is 2.52. The van der Waals surface area contributed by atoms with Gasteiger partial charge in [0.25, 0.3) is 0 Å². The number of furan rings is 1. The van der Waals surface area contributed by atoms with Crippen molar-refractivity contribution in [2.75, 3.05) is 9.71 Å². The smallest absolute Gasteiger partial charge is 0.333 e. The van der Waals surface area contributed by atoms with Crippen LogP contribution in [0.25, 0.3) is 66.4 Å². The van der Waals surface area contributed by atoms with Gasteiger partial charge in [-0.1, -0.05) is 169 Å². The molecule has 0 saturated heterocycles. The zero-order chi connectivity index (χ0) is 45.8. The molecule has 324 valence electrons. The van der Waals surface area contributed by atoms with Crippen LogP contribution in [0.5, 0.6) is 0 Å². The maximum Gasteiger partial charge on any atom is 0.333 e. The van der Waals surface area contributed by atoms with Gasteiger partial charge in [-0.05, 0) is 145 Å². The molecule has 0 amide bonds. The van der Waals surface area contributed by atoms with Crippen LogP contribution in [0, 0.1) is 6.92 Å². The van der Waals surface area contributed by atoms with E-state index in [1.54, 1.807) is 0 Å². The first kappa shape index (κ1) is 40.9. The molecule has 0 saturated carbocycles. The fourth-order valence-corrected chi connectivity index (χ4v) is 10.8. The Hall–Kier alpha value is -7.56. The number of benzene rings is 9. The Bertz CT molecular complexity index is 3560. The van der Waals surface area contributed by atoms with Crippen LogP contribution in [-0.2, 0) is 10.8 Å². The lowest BCUT2D eigenvalue weighted by Gasteiger charge is -2.46. The minimum Gasteiger partial charge on any atom is -0.456 e. The number of para-hydroxylation sites is 1. The van der Waals surface area contributed by atoms with Crippen molar-refractivity contribution >= 4 is 68.1 Å². The topological polar surface area (TPSA) is 19.6 Å². The van der Waals surface area contributed by atoms with E-state index in [0.29, 0.717) is 0 Å². The molecule has 2 aliphatic heterocycles. The molecule has 0 aliphatic carbocycles. The van der Waals surface area contributed by atoms with Gasteiger partial charge in [0.2, 0.25) is 0 Å². The van der Waals surface area contributed by atoms with Crippen molar-refractivity contribution < 1.29 is 4.42 Å².